The number of carbonyl (C=O) groups excluding carboxylic acids is 2. The molecule has 1 N–H and O–H groups in total. The van der Waals surface area contributed by atoms with Crippen molar-refractivity contribution in [1.29, 1.82) is 0 Å². The van der Waals surface area contributed by atoms with E-state index < -0.39 is 16.0 Å². The lowest BCUT2D eigenvalue weighted by atomic mass is 10.0. The lowest BCUT2D eigenvalue weighted by Gasteiger charge is -2.30. The number of sulfonamides is 1. The molecule has 1 fully saturated rings. The minimum atomic E-state index is -3.58. The van der Waals surface area contributed by atoms with Crippen LogP contribution in [0.25, 0.3) is 0 Å². The van der Waals surface area contributed by atoms with Crippen molar-refractivity contribution in [2.24, 2.45) is 5.92 Å². The molecule has 7 nitrogen and oxygen atoms in total. The Morgan fingerprint density at radius 2 is 1.85 bits per heavy atom. The largest absolute Gasteiger partial charge is 0.462 e. The van der Waals surface area contributed by atoms with Gasteiger partial charge in [-0.1, -0.05) is 13.3 Å². The third kappa shape index (κ3) is 5.21. The predicted octanol–water partition coefficient (Wildman–Crippen LogP) is 4.87. The van der Waals surface area contributed by atoms with Gasteiger partial charge in [-0.2, -0.15) is 4.31 Å². The van der Waals surface area contributed by atoms with Crippen molar-refractivity contribution >= 4 is 38.2 Å². The summed E-state index contributed by atoms with van der Waals surface area (Å²) >= 11 is 1.44. The van der Waals surface area contributed by atoms with Crippen molar-refractivity contribution in [3.05, 3.63) is 45.8 Å². The molecule has 0 bridgehead atoms. The molecule has 0 saturated carbocycles. The van der Waals surface area contributed by atoms with Gasteiger partial charge in [0.2, 0.25) is 10.0 Å². The monoisotopic (exact) mass is 504 g/mol. The number of anilines is 1. The lowest BCUT2D eigenvalue weighted by molar-refractivity contribution is 0.0527. The maximum Gasteiger partial charge on any atom is 0.341 e. The second kappa shape index (κ2) is 10.6. The number of aryl methyl sites for hydroxylation is 1. The van der Waals surface area contributed by atoms with E-state index in [0.717, 1.165) is 55.4 Å². The van der Waals surface area contributed by atoms with E-state index in [1.54, 1.807) is 6.92 Å². The van der Waals surface area contributed by atoms with Gasteiger partial charge in [0.25, 0.3) is 5.91 Å². The van der Waals surface area contributed by atoms with Crippen LogP contribution in [-0.4, -0.2) is 44.3 Å². The zero-order valence-corrected chi connectivity index (χ0v) is 21.4. The number of thiophene rings is 1. The smallest absolute Gasteiger partial charge is 0.341 e. The summed E-state index contributed by atoms with van der Waals surface area (Å²) < 4.78 is 32.8. The fraction of sp³-hybridized carbons (Fsp3) is 0.520. The minimum Gasteiger partial charge on any atom is -0.462 e. The van der Waals surface area contributed by atoms with E-state index in [2.05, 4.69) is 12.2 Å². The molecule has 0 radical (unpaired) electrons. The molecular weight excluding hydrogens is 472 g/mol. The van der Waals surface area contributed by atoms with Gasteiger partial charge in [-0.3, -0.25) is 4.79 Å². The van der Waals surface area contributed by atoms with Gasteiger partial charge in [0.1, 0.15) is 5.00 Å². The number of nitrogens with one attached hydrogen (secondary N) is 1. The maximum atomic E-state index is 13.0. The van der Waals surface area contributed by atoms with E-state index in [9.17, 15) is 18.0 Å². The van der Waals surface area contributed by atoms with E-state index >= 15 is 0 Å². The molecule has 9 heteroatoms. The van der Waals surface area contributed by atoms with Gasteiger partial charge < -0.3 is 10.1 Å². The van der Waals surface area contributed by atoms with Crippen LogP contribution >= 0.6 is 11.3 Å². The van der Waals surface area contributed by atoms with Crippen molar-refractivity contribution in [3.8, 4) is 0 Å². The fourth-order valence-electron chi connectivity index (χ4n) is 4.72. The minimum absolute atomic E-state index is 0.188. The summed E-state index contributed by atoms with van der Waals surface area (Å²) in [6.07, 6.45) is 6.78. The highest BCUT2D eigenvalue weighted by Crippen LogP contribution is 2.38. The Hall–Kier alpha value is -2.23. The summed E-state index contributed by atoms with van der Waals surface area (Å²) in [5, 5.41) is 3.40. The van der Waals surface area contributed by atoms with Crippen molar-refractivity contribution in [2.75, 3.05) is 25.0 Å². The van der Waals surface area contributed by atoms with Gasteiger partial charge in [-0.15, -0.1) is 11.3 Å². The normalized spacial score (nSPS) is 19.2. The van der Waals surface area contributed by atoms with Crippen LogP contribution < -0.4 is 5.32 Å². The number of benzene rings is 1. The van der Waals surface area contributed by atoms with E-state index in [1.807, 2.05) is 0 Å². The summed E-state index contributed by atoms with van der Waals surface area (Å²) in [5.41, 5.74) is 1.80. The second-order valence-electron chi connectivity index (χ2n) is 9.08. The van der Waals surface area contributed by atoms with Crippen LogP contribution in [0.1, 0.15) is 77.1 Å². The average molecular weight is 505 g/mol. The molecule has 34 heavy (non-hydrogen) atoms. The fourth-order valence-corrected chi connectivity index (χ4v) is 7.59. The van der Waals surface area contributed by atoms with Crippen molar-refractivity contribution in [3.63, 3.8) is 0 Å². The van der Waals surface area contributed by atoms with E-state index in [0.29, 0.717) is 35.1 Å². The Bertz CT molecular complexity index is 1150. The number of fused-ring (bicyclic) bond motifs is 1. The zero-order chi connectivity index (χ0) is 24.3. The number of rotatable bonds is 6. The van der Waals surface area contributed by atoms with Crippen LogP contribution in [0, 0.1) is 5.92 Å². The Labute approximate surface area is 205 Å². The van der Waals surface area contributed by atoms with Crippen molar-refractivity contribution < 1.29 is 22.7 Å². The Morgan fingerprint density at radius 1 is 1.12 bits per heavy atom. The molecule has 0 spiro atoms. The van der Waals surface area contributed by atoms with Gasteiger partial charge in [-0.25, -0.2) is 13.2 Å². The summed E-state index contributed by atoms with van der Waals surface area (Å²) in [7, 11) is -3.58. The Balaban J connectivity index is 1.55. The van der Waals surface area contributed by atoms with Crippen LogP contribution in [0.2, 0.25) is 0 Å². The van der Waals surface area contributed by atoms with Crippen LogP contribution in [0.3, 0.4) is 0 Å². The number of piperidine rings is 1. The molecule has 1 aromatic carbocycles. The van der Waals surface area contributed by atoms with Crippen LogP contribution in [0.4, 0.5) is 5.00 Å². The van der Waals surface area contributed by atoms with Gasteiger partial charge in [-0.05, 0) is 81.2 Å². The molecule has 1 atom stereocenters. The van der Waals surface area contributed by atoms with E-state index in [1.165, 1.54) is 39.9 Å². The van der Waals surface area contributed by atoms with Crippen LogP contribution in [0.15, 0.2) is 29.2 Å². The summed E-state index contributed by atoms with van der Waals surface area (Å²) in [6, 6.07) is 6.02. The lowest BCUT2D eigenvalue weighted by Crippen LogP contribution is -2.39. The quantitative estimate of drug-likeness (QED) is 0.448. The summed E-state index contributed by atoms with van der Waals surface area (Å²) in [6.45, 7) is 5.13. The van der Waals surface area contributed by atoms with Crippen LogP contribution in [0.5, 0.6) is 0 Å². The number of hydrogen-bond acceptors (Lipinski definition) is 6. The number of esters is 1. The molecule has 2 aliphatic rings. The highest BCUT2D eigenvalue weighted by molar-refractivity contribution is 7.89. The molecule has 1 aliphatic heterocycles. The standard InChI is InChI=1S/C25H32N2O5S2/c1-3-32-25(29)22-20-9-5-4-6-10-21(20)33-24(22)26-23(28)18-11-13-19(14-12-18)34(30,31)27-15-7-8-17(2)16-27/h11-14,17H,3-10,15-16H2,1-2H3,(H,26,28). The Kier molecular flexibility index (Phi) is 7.74. The third-order valence-corrected chi connectivity index (χ3v) is 9.59. The molecule has 1 saturated heterocycles. The first-order chi connectivity index (χ1) is 16.3. The maximum absolute atomic E-state index is 13.0. The highest BCUT2D eigenvalue weighted by atomic mass is 32.2. The molecule has 1 amide bonds. The molecule has 2 heterocycles. The number of hydrogen-bond donors (Lipinski definition) is 1. The highest BCUT2D eigenvalue weighted by Gasteiger charge is 2.29. The number of ether oxygens (including phenoxy) is 1. The van der Waals surface area contributed by atoms with Gasteiger partial charge in [0, 0.05) is 23.5 Å². The molecule has 2 aromatic rings. The molecule has 1 aromatic heterocycles. The number of amides is 1. The molecule has 1 unspecified atom stereocenters. The SMILES string of the molecule is CCOC(=O)c1c(NC(=O)c2ccc(S(=O)(=O)N3CCCC(C)C3)cc2)sc2c1CCCCC2. The summed E-state index contributed by atoms with van der Waals surface area (Å²) in [5.74, 6) is -0.449. The molecule has 1 aliphatic carbocycles. The van der Waals surface area contributed by atoms with Crippen LogP contribution in [-0.2, 0) is 27.6 Å². The molecular formula is C25H32N2O5S2. The van der Waals surface area contributed by atoms with E-state index in [-0.39, 0.29) is 17.4 Å². The van der Waals surface area contributed by atoms with E-state index in [4.69, 9.17) is 4.74 Å². The first-order valence-electron chi connectivity index (χ1n) is 12.0. The first kappa shape index (κ1) is 24.9. The average Bonchev–Trinajstić information content (AvgIpc) is 2.99. The van der Waals surface area contributed by atoms with Crippen molar-refractivity contribution in [1.82, 2.24) is 4.31 Å². The summed E-state index contributed by atoms with van der Waals surface area (Å²) in [4.78, 5) is 27.1. The topological polar surface area (TPSA) is 92.8 Å². The molecule has 4 rings (SSSR count). The van der Waals surface area contributed by atoms with Crippen molar-refractivity contribution in [2.45, 2.75) is 63.7 Å². The van der Waals surface area contributed by atoms with Gasteiger partial charge in [0.05, 0.1) is 17.1 Å². The Morgan fingerprint density at radius 3 is 2.56 bits per heavy atom. The zero-order valence-electron chi connectivity index (χ0n) is 19.8. The predicted molar refractivity (Wildman–Crippen MR) is 133 cm³/mol. The van der Waals surface area contributed by atoms with Gasteiger partial charge in [0.15, 0.2) is 0 Å². The number of carbonyl (C=O) groups is 2. The molecule has 184 valence electrons. The third-order valence-electron chi connectivity index (χ3n) is 6.50. The second-order valence-corrected chi connectivity index (χ2v) is 12.1. The van der Waals surface area contributed by atoms with Gasteiger partial charge >= 0.3 is 5.97 Å². The number of nitrogens with zero attached hydrogens (tertiary/aromatic N) is 1. The first-order valence-corrected chi connectivity index (χ1v) is 14.3.